The van der Waals surface area contributed by atoms with Crippen molar-refractivity contribution in [1.82, 2.24) is 10.2 Å². The molecule has 1 aliphatic heterocycles. The first-order chi connectivity index (χ1) is 9.10. The molecule has 2 unspecified atom stereocenters. The molecule has 1 saturated heterocycles. The van der Waals surface area contributed by atoms with Crippen molar-refractivity contribution >= 4 is 5.91 Å². The smallest absolute Gasteiger partial charge is 0.225 e. The van der Waals surface area contributed by atoms with E-state index in [1.54, 1.807) is 0 Å². The third-order valence-corrected chi connectivity index (χ3v) is 4.23. The molecule has 0 aromatic heterocycles. The quantitative estimate of drug-likeness (QED) is 0.733. The molecule has 0 spiro atoms. The summed E-state index contributed by atoms with van der Waals surface area (Å²) in [5, 5.41) is 3.50. The Morgan fingerprint density at radius 3 is 2.58 bits per heavy atom. The summed E-state index contributed by atoms with van der Waals surface area (Å²) in [4.78, 5) is 14.8. The summed E-state index contributed by atoms with van der Waals surface area (Å²) in [6.45, 7) is 10.6. The maximum atomic E-state index is 12.7. The van der Waals surface area contributed by atoms with Gasteiger partial charge in [-0.05, 0) is 46.1 Å². The van der Waals surface area contributed by atoms with Crippen LogP contribution in [0.5, 0.6) is 0 Å². The minimum absolute atomic E-state index is 0.226. The lowest BCUT2D eigenvalue weighted by Crippen LogP contribution is -2.47. The van der Waals surface area contributed by atoms with Crippen molar-refractivity contribution in [1.29, 1.82) is 0 Å². The molecule has 0 aromatic rings. The first kappa shape index (κ1) is 16.5. The van der Waals surface area contributed by atoms with Gasteiger partial charge < -0.3 is 10.2 Å². The number of rotatable bonds is 8. The minimum Gasteiger partial charge on any atom is -0.338 e. The highest BCUT2D eigenvalue weighted by Crippen LogP contribution is 2.19. The fourth-order valence-electron chi connectivity index (χ4n) is 2.89. The van der Waals surface area contributed by atoms with Crippen LogP contribution in [-0.4, -0.2) is 36.0 Å². The second kappa shape index (κ2) is 8.57. The van der Waals surface area contributed by atoms with E-state index in [2.05, 4.69) is 37.9 Å². The first-order valence-electron chi connectivity index (χ1n) is 8.13. The fraction of sp³-hybridized carbons (Fsp3) is 0.938. The molecule has 0 radical (unpaired) electrons. The topological polar surface area (TPSA) is 32.3 Å². The second-order valence-electron chi connectivity index (χ2n) is 6.13. The van der Waals surface area contributed by atoms with Gasteiger partial charge in [-0.15, -0.1) is 0 Å². The van der Waals surface area contributed by atoms with E-state index in [-0.39, 0.29) is 5.92 Å². The van der Waals surface area contributed by atoms with Gasteiger partial charge in [0, 0.05) is 24.5 Å². The number of carbonyl (C=O) groups excluding carboxylic acids is 1. The number of hydrogen-bond acceptors (Lipinski definition) is 2. The predicted octanol–water partition coefficient (Wildman–Crippen LogP) is 3.19. The van der Waals surface area contributed by atoms with Gasteiger partial charge in [0.1, 0.15) is 0 Å². The van der Waals surface area contributed by atoms with E-state index in [9.17, 15) is 4.79 Å². The van der Waals surface area contributed by atoms with Crippen molar-refractivity contribution in [3.05, 3.63) is 0 Å². The summed E-state index contributed by atoms with van der Waals surface area (Å²) >= 11 is 0. The Hall–Kier alpha value is -0.570. The van der Waals surface area contributed by atoms with Gasteiger partial charge in [0.2, 0.25) is 5.91 Å². The predicted molar refractivity (Wildman–Crippen MR) is 81.2 cm³/mol. The second-order valence-corrected chi connectivity index (χ2v) is 6.13. The van der Waals surface area contributed by atoms with Crippen LogP contribution in [0.25, 0.3) is 0 Å². The SMILES string of the molecule is CCCCC(CC)C(=O)N(CC1CCCN1)C(C)C. The van der Waals surface area contributed by atoms with E-state index in [1.807, 2.05) is 0 Å². The van der Waals surface area contributed by atoms with E-state index in [0.29, 0.717) is 18.0 Å². The van der Waals surface area contributed by atoms with Crippen molar-refractivity contribution in [3.8, 4) is 0 Å². The Balaban J connectivity index is 2.59. The van der Waals surface area contributed by atoms with Gasteiger partial charge >= 0.3 is 0 Å². The maximum absolute atomic E-state index is 12.7. The average Bonchev–Trinajstić information content (AvgIpc) is 2.89. The molecule has 3 heteroatoms. The Labute approximate surface area is 119 Å². The standard InChI is InChI=1S/C16H32N2O/c1-5-7-9-14(6-2)16(19)18(13(3)4)12-15-10-8-11-17-15/h13-15,17H,5-12H2,1-4H3. The number of unbranched alkanes of at least 4 members (excludes halogenated alkanes) is 1. The van der Waals surface area contributed by atoms with E-state index in [4.69, 9.17) is 0 Å². The third kappa shape index (κ3) is 5.13. The van der Waals surface area contributed by atoms with E-state index >= 15 is 0 Å². The summed E-state index contributed by atoms with van der Waals surface area (Å²) < 4.78 is 0. The number of amides is 1. The molecule has 19 heavy (non-hydrogen) atoms. The zero-order chi connectivity index (χ0) is 14.3. The zero-order valence-electron chi connectivity index (χ0n) is 13.2. The van der Waals surface area contributed by atoms with Crippen LogP contribution in [0.1, 0.15) is 66.2 Å². The van der Waals surface area contributed by atoms with Crippen LogP contribution >= 0.6 is 0 Å². The molecule has 3 nitrogen and oxygen atoms in total. The van der Waals surface area contributed by atoms with Crippen molar-refractivity contribution in [2.45, 2.75) is 78.3 Å². The normalized spacial score (nSPS) is 20.8. The van der Waals surface area contributed by atoms with Crippen LogP contribution in [0.3, 0.4) is 0 Å². The van der Waals surface area contributed by atoms with Crippen LogP contribution < -0.4 is 5.32 Å². The lowest BCUT2D eigenvalue weighted by atomic mass is 9.96. The molecule has 112 valence electrons. The van der Waals surface area contributed by atoms with E-state index < -0.39 is 0 Å². The largest absolute Gasteiger partial charge is 0.338 e. The molecule has 2 atom stereocenters. The molecule has 0 saturated carbocycles. The number of nitrogens with zero attached hydrogens (tertiary/aromatic N) is 1. The molecule has 1 fully saturated rings. The van der Waals surface area contributed by atoms with Gasteiger partial charge in [-0.2, -0.15) is 0 Å². The molecular weight excluding hydrogens is 236 g/mol. The molecular formula is C16H32N2O. The Morgan fingerprint density at radius 1 is 1.37 bits per heavy atom. The number of nitrogens with one attached hydrogen (secondary N) is 1. The lowest BCUT2D eigenvalue weighted by Gasteiger charge is -2.32. The molecule has 0 aromatic carbocycles. The molecule has 1 aliphatic rings. The van der Waals surface area contributed by atoms with Crippen molar-refractivity contribution in [2.24, 2.45) is 5.92 Å². The molecule has 0 aliphatic carbocycles. The van der Waals surface area contributed by atoms with Crippen LogP contribution in [0.4, 0.5) is 0 Å². The monoisotopic (exact) mass is 268 g/mol. The van der Waals surface area contributed by atoms with Gasteiger partial charge in [-0.25, -0.2) is 0 Å². The van der Waals surface area contributed by atoms with Gasteiger partial charge in [-0.3, -0.25) is 4.79 Å². The number of hydrogen-bond donors (Lipinski definition) is 1. The highest BCUT2D eigenvalue weighted by Gasteiger charge is 2.27. The molecule has 1 N–H and O–H groups in total. The van der Waals surface area contributed by atoms with E-state index in [1.165, 1.54) is 19.3 Å². The third-order valence-electron chi connectivity index (χ3n) is 4.23. The Kier molecular flexibility index (Phi) is 7.44. The Bertz CT molecular complexity index is 259. The summed E-state index contributed by atoms with van der Waals surface area (Å²) in [5.41, 5.74) is 0. The highest BCUT2D eigenvalue weighted by atomic mass is 16.2. The molecule has 0 bridgehead atoms. The summed E-state index contributed by atoms with van der Waals surface area (Å²) in [6, 6.07) is 0.820. The molecule has 1 heterocycles. The van der Waals surface area contributed by atoms with Crippen molar-refractivity contribution in [3.63, 3.8) is 0 Å². The lowest BCUT2D eigenvalue weighted by molar-refractivity contribution is -0.138. The Morgan fingerprint density at radius 2 is 2.11 bits per heavy atom. The van der Waals surface area contributed by atoms with Crippen LogP contribution in [0.2, 0.25) is 0 Å². The van der Waals surface area contributed by atoms with Gasteiger partial charge in [-0.1, -0.05) is 26.7 Å². The van der Waals surface area contributed by atoms with Crippen LogP contribution in [0, 0.1) is 5.92 Å². The maximum Gasteiger partial charge on any atom is 0.225 e. The molecule has 1 amide bonds. The fourth-order valence-corrected chi connectivity index (χ4v) is 2.89. The highest BCUT2D eigenvalue weighted by molar-refractivity contribution is 5.79. The summed E-state index contributed by atoms with van der Waals surface area (Å²) in [5.74, 6) is 0.600. The van der Waals surface area contributed by atoms with E-state index in [0.717, 1.165) is 32.4 Å². The van der Waals surface area contributed by atoms with Crippen molar-refractivity contribution in [2.75, 3.05) is 13.1 Å². The van der Waals surface area contributed by atoms with Gasteiger partial charge in [0.25, 0.3) is 0 Å². The van der Waals surface area contributed by atoms with Crippen LogP contribution in [-0.2, 0) is 4.79 Å². The van der Waals surface area contributed by atoms with Crippen molar-refractivity contribution < 1.29 is 4.79 Å². The summed E-state index contributed by atoms with van der Waals surface area (Å²) in [7, 11) is 0. The molecule has 1 rings (SSSR count). The summed E-state index contributed by atoms with van der Waals surface area (Å²) in [6.07, 6.45) is 6.82. The average molecular weight is 268 g/mol. The van der Waals surface area contributed by atoms with Crippen LogP contribution in [0.15, 0.2) is 0 Å². The van der Waals surface area contributed by atoms with Gasteiger partial charge in [0.15, 0.2) is 0 Å². The minimum atomic E-state index is 0.226. The van der Waals surface area contributed by atoms with Gasteiger partial charge in [0.05, 0.1) is 0 Å². The zero-order valence-corrected chi connectivity index (χ0v) is 13.2. The first-order valence-corrected chi connectivity index (χ1v) is 8.13. The number of carbonyl (C=O) groups is 1.